The zero-order valence-electron chi connectivity index (χ0n) is 13.7. The van der Waals surface area contributed by atoms with Crippen LogP contribution in [0.15, 0.2) is 61.2 Å². The molecule has 6 heteroatoms. The lowest BCUT2D eigenvalue weighted by Gasteiger charge is -2.11. The fourth-order valence-corrected chi connectivity index (χ4v) is 2.84. The summed E-state index contributed by atoms with van der Waals surface area (Å²) in [5.41, 5.74) is 2.29. The fraction of sp³-hybridized carbons (Fsp3) is 0.100. The molecule has 0 aliphatic heterocycles. The summed E-state index contributed by atoms with van der Waals surface area (Å²) in [5.74, 6) is -1.26. The summed E-state index contributed by atoms with van der Waals surface area (Å²) in [7, 11) is 0. The van der Waals surface area contributed by atoms with Crippen LogP contribution in [0.1, 0.15) is 16.7 Å². The number of H-pyrrole nitrogens is 1. The summed E-state index contributed by atoms with van der Waals surface area (Å²) in [6.45, 7) is 0.182. The highest BCUT2D eigenvalue weighted by atomic mass is 19.1. The third-order valence-electron chi connectivity index (χ3n) is 4.20. The van der Waals surface area contributed by atoms with Gasteiger partial charge in [-0.3, -0.25) is 4.98 Å². The SMILES string of the molecule is Fc1ccc(OCc2ccncc2)c(F)c1Cc1c[nH]c2ncccc12. The number of fused-ring (bicyclic) bond motifs is 1. The number of hydrogen-bond donors (Lipinski definition) is 1. The number of rotatable bonds is 5. The highest BCUT2D eigenvalue weighted by Gasteiger charge is 2.17. The van der Waals surface area contributed by atoms with Gasteiger partial charge in [0, 0.05) is 42.2 Å². The molecule has 0 saturated carbocycles. The molecule has 0 fully saturated rings. The largest absolute Gasteiger partial charge is 0.486 e. The molecule has 26 heavy (non-hydrogen) atoms. The molecule has 4 nitrogen and oxygen atoms in total. The second-order valence-electron chi connectivity index (χ2n) is 5.87. The number of nitrogens with one attached hydrogen (secondary N) is 1. The molecular formula is C20H15F2N3O. The van der Waals surface area contributed by atoms with Crippen LogP contribution >= 0.6 is 0 Å². The van der Waals surface area contributed by atoms with Crippen molar-refractivity contribution in [2.45, 2.75) is 13.0 Å². The number of aromatic amines is 1. The summed E-state index contributed by atoms with van der Waals surface area (Å²) >= 11 is 0. The molecule has 4 rings (SSSR count). The summed E-state index contributed by atoms with van der Waals surface area (Å²) in [4.78, 5) is 11.1. The maximum absolute atomic E-state index is 14.8. The first-order valence-corrected chi connectivity index (χ1v) is 8.12. The third kappa shape index (κ3) is 3.13. The highest BCUT2D eigenvalue weighted by Crippen LogP contribution is 2.28. The molecule has 3 heterocycles. The zero-order chi connectivity index (χ0) is 17.9. The smallest absolute Gasteiger partial charge is 0.171 e. The van der Waals surface area contributed by atoms with Crippen molar-refractivity contribution < 1.29 is 13.5 Å². The van der Waals surface area contributed by atoms with Gasteiger partial charge in [-0.25, -0.2) is 13.8 Å². The average molecular weight is 351 g/mol. The predicted molar refractivity (Wildman–Crippen MR) is 93.8 cm³/mol. The standard InChI is InChI=1S/C20H15F2N3O/c21-17-3-4-18(26-12-13-5-8-23-9-6-13)19(22)16(17)10-14-11-25-20-15(14)2-1-7-24-20/h1-9,11H,10,12H2,(H,24,25). The molecule has 0 amide bonds. The molecule has 130 valence electrons. The van der Waals surface area contributed by atoms with Gasteiger partial charge in [0.15, 0.2) is 11.6 Å². The van der Waals surface area contributed by atoms with Crippen LogP contribution < -0.4 is 4.74 Å². The number of hydrogen-bond acceptors (Lipinski definition) is 3. The maximum atomic E-state index is 14.8. The van der Waals surface area contributed by atoms with E-state index in [2.05, 4.69) is 15.0 Å². The van der Waals surface area contributed by atoms with E-state index in [1.165, 1.54) is 12.1 Å². The molecule has 0 bridgehead atoms. The van der Waals surface area contributed by atoms with Crippen molar-refractivity contribution in [2.75, 3.05) is 0 Å². The van der Waals surface area contributed by atoms with Crippen LogP contribution in [0, 0.1) is 11.6 Å². The zero-order valence-corrected chi connectivity index (χ0v) is 13.7. The highest BCUT2D eigenvalue weighted by molar-refractivity contribution is 5.79. The number of aromatic nitrogens is 3. The van der Waals surface area contributed by atoms with Crippen LogP contribution in [0.4, 0.5) is 8.78 Å². The van der Waals surface area contributed by atoms with E-state index in [1.807, 2.05) is 6.07 Å². The Bertz CT molecular complexity index is 1050. The molecule has 3 aromatic heterocycles. The molecule has 0 saturated heterocycles. The monoisotopic (exact) mass is 351 g/mol. The van der Waals surface area contributed by atoms with Gasteiger partial charge >= 0.3 is 0 Å². The second-order valence-corrected chi connectivity index (χ2v) is 5.87. The summed E-state index contributed by atoms with van der Waals surface area (Å²) in [5, 5.41) is 0.842. The molecule has 1 N–H and O–H groups in total. The third-order valence-corrected chi connectivity index (χ3v) is 4.20. The van der Waals surface area contributed by atoms with Gasteiger partial charge in [0.25, 0.3) is 0 Å². The van der Waals surface area contributed by atoms with Crippen LogP contribution in [0.3, 0.4) is 0 Å². The van der Waals surface area contributed by atoms with Crippen molar-refractivity contribution in [3.63, 3.8) is 0 Å². The van der Waals surface area contributed by atoms with Crippen LogP contribution in [-0.2, 0) is 13.0 Å². The lowest BCUT2D eigenvalue weighted by Crippen LogP contribution is -2.03. The fourth-order valence-electron chi connectivity index (χ4n) is 2.84. The Labute approximate surface area is 148 Å². The van der Waals surface area contributed by atoms with E-state index in [9.17, 15) is 8.78 Å². The minimum absolute atomic E-state index is 0.0242. The van der Waals surface area contributed by atoms with E-state index in [0.29, 0.717) is 5.65 Å². The Kier molecular flexibility index (Phi) is 4.31. The van der Waals surface area contributed by atoms with Gasteiger partial charge in [0.1, 0.15) is 18.1 Å². The van der Waals surface area contributed by atoms with E-state index in [0.717, 1.165) is 16.5 Å². The molecule has 0 aliphatic carbocycles. The first-order valence-electron chi connectivity index (χ1n) is 8.12. The van der Waals surface area contributed by atoms with Gasteiger partial charge in [-0.15, -0.1) is 0 Å². The molecule has 4 aromatic rings. The molecule has 0 unspecified atom stereocenters. The van der Waals surface area contributed by atoms with Crippen LogP contribution in [0.5, 0.6) is 5.75 Å². The minimum atomic E-state index is -0.683. The first-order chi connectivity index (χ1) is 12.7. The Morgan fingerprint density at radius 2 is 1.85 bits per heavy atom. The van der Waals surface area contributed by atoms with Gasteiger partial charge in [-0.1, -0.05) is 0 Å². The lowest BCUT2D eigenvalue weighted by atomic mass is 10.0. The van der Waals surface area contributed by atoms with Crippen molar-refractivity contribution in [1.29, 1.82) is 0 Å². The van der Waals surface area contributed by atoms with E-state index in [-0.39, 0.29) is 24.3 Å². The number of nitrogens with zero attached hydrogens (tertiary/aromatic N) is 2. The number of ether oxygens (including phenoxy) is 1. The predicted octanol–water partition coefficient (Wildman–Crippen LogP) is 4.41. The Hall–Kier alpha value is -3.28. The van der Waals surface area contributed by atoms with Crippen molar-refractivity contribution in [3.8, 4) is 5.75 Å². The quantitative estimate of drug-likeness (QED) is 0.580. The van der Waals surface area contributed by atoms with Crippen molar-refractivity contribution >= 4 is 11.0 Å². The Morgan fingerprint density at radius 3 is 2.69 bits per heavy atom. The maximum Gasteiger partial charge on any atom is 0.171 e. The van der Waals surface area contributed by atoms with E-state index < -0.39 is 11.6 Å². The lowest BCUT2D eigenvalue weighted by molar-refractivity contribution is 0.288. The van der Waals surface area contributed by atoms with Crippen LogP contribution in [0.25, 0.3) is 11.0 Å². The van der Waals surface area contributed by atoms with Gasteiger partial charge in [-0.05, 0) is 47.5 Å². The topological polar surface area (TPSA) is 50.8 Å². The molecule has 0 atom stereocenters. The number of benzene rings is 1. The van der Waals surface area contributed by atoms with E-state index in [1.54, 1.807) is 43.0 Å². The molecule has 0 radical (unpaired) electrons. The van der Waals surface area contributed by atoms with Crippen molar-refractivity contribution in [1.82, 2.24) is 15.0 Å². The summed E-state index contributed by atoms with van der Waals surface area (Å²) in [6.07, 6.45) is 6.76. The minimum Gasteiger partial charge on any atom is -0.486 e. The van der Waals surface area contributed by atoms with E-state index >= 15 is 0 Å². The van der Waals surface area contributed by atoms with Gasteiger partial charge in [-0.2, -0.15) is 0 Å². The molecular weight excluding hydrogens is 336 g/mol. The average Bonchev–Trinajstić information content (AvgIpc) is 3.08. The molecule has 0 aliphatic rings. The molecule has 0 spiro atoms. The Balaban J connectivity index is 1.62. The summed E-state index contributed by atoms with van der Waals surface area (Å²) in [6, 6.07) is 9.76. The normalized spacial score (nSPS) is 11.0. The van der Waals surface area contributed by atoms with Crippen molar-refractivity contribution in [3.05, 3.63) is 89.5 Å². The second kappa shape index (κ2) is 6.92. The Morgan fingerprint density at radius 1 is 1.00 bits per heavy atom. The van der Waals surface area contributed by atoms with Gasteiger partial charge in [0.2, 0.25) is 0 Å². The van der Waals surface area contributed by atoms with E-state index in [4.69, 9.17) is 4.74 Å². The van der Waals surface area contributed by atoms with Crippen molar-refractivity contribution in [2.24, 2.45) is 0 Å². The summed E-state index contributed by atoms with van der Waals surface area (Å²) < 4.78 is 34.6. The van der Waals surface area contributed by atoms with Gasteiger partial charge < -0.3 is 9.72 Å². The number of pyridine rings is 2. The van der Waals surface area contributed by atoms with Gasteiger partial charge in [0.05, 0.1) is 0 Å². The first kappa shape index (κ1) is 16.2. The van der Waals surface area contributed by atoms with Crippen LogP contribution in [0.2, 0.25) is 0 Å². The van der Waals surface area contributed by atoms with Crippen LogP contribution in [-0.4, -0.2) is 15.0 Å². The number of halogens is 2. The molecule has 1 aromatic carbocycles.